The molecule has 0 amide bonds. The predicted molar refractivity (Wildman–Crippen MR) is 53.2 cm³/mol. The van der Waals surface area contributed by atoms with Crippen LogP contribution in [0, 0.1) is 6.92 Å². The smallest absolute Gasteiger partial charge is 0.237 e. The second-order valence-electron chi connectivity index (χ2n) is 3.23. The topological polar surface area (TPSA) is 85.2 Å². The number of benzene rings is 1. The van der Waals surface area contributed by atoms with Gasteiger partial charge in [0.25, 0.3) is 0 Å². The predicted octanol–water partition coefficient (Wildman–Crippen LogP) is 1.13. The minimum atomic E-state index is -0.452. The van der Waals surface area contributed by atoms with Crippen molar-refractivity contribution in [2.45, 2.75) is 13.0 Å². The summed E-state index contributed by atoms with van der Waals surface area (Å²) in [6.07, 6.45) is 0. The molecule has 0 spiro atoms. The van der Waals surface area contributed by atoms with Gasteiger partial charge in [0.2, 0.25) is 11.8 Å². The minimum absolute atomic E-state index is 0.202. The van der Waals surface area contributed by atoms with Crippen LogP contribution in [0.4, 0.5) is 0 Å². The van der Waals surface area contributed by atoms with Crippen LogP contribution >= 0.6 is 0 Å². The lowest BCUT2D eigenvalue weighted by Gasteiger charge is -2.06. The summed E-state index contributed by atoms with van der Waals surface area (Å²) in [5, 5.41) is 16.7. The highest BCUT2D eigenvalue weighted by molar-refractivity contribution is 5.30. The highest BCUT2D eigenvalue weighted by Crippen LogP contribution is 2.20. The third kappa shape index (κ3) is 1.97. The van der Waals surface area contributed by atoms with Crippen LogP contribution in [0.3, 0.4) is 0 Å². The molecule has 2 rings (SSSR count). The van der Waals surface area contributed by atoms with E-state index in [1.54, 1.807) is 31.2 Å². The summed E-state index contributed by atoms with van der Waals surface area (Å²) in [5.74, 6) is 1.06. The molecule has 5 heteroatoms. The molecule has 0 fully saturated rings. The van der Waals surface area contributed by atoms with E-state index in [1.807, 2.05) is 0 Å². The quantitative estimate of drug-likeness (QED) is 0.767. The summed E-state index contributed by atoms with van der Waals surface area (Å²) in [7, 11) is 0. The fourth-order valence-electron chi connectivity index (χ4n) is 1.26. The van der Waals surface area contributed by atoms with Crippen LogP contribution < -0.4 is 5.73 Å². The van der Waals surface area contributed by atoms with Crippen LogP contribution in [0.15, 0.2) is 28.7 Å². The van der Waals surface area contributed by atoms with Crippen molar-refractivity contribution < 1.29 is 9.52 Å². The Labute approximate surface area is 86.6 Å². The first-order valence-electron chi connectivity index (χ1n) is 4.51. The van der Waals surface area contributed by atoms with Gasteiger partial charge in [-0.05, 0) is 17.7 Å². The van der Waals surface area contributed by atoms with Crippen LogP contribution in [0.1, 0.15) is 23.4 Å². The van der Waals surface area contributed by atoms with Crippen LogP contribution in [0.25, 0.3) is 0 Å². The molecule has 15 heavy (non-hydrogen) atoms. The van der Waals surface area contributed by atoms with Crippen LogP contribution in [-0.4, -0.2) is 15.3 Å². The molecule has 0 radical (unpaired) electrons. The number of hydrogen-bond acceptors (Lipinski definition) is 5. The Balaban J connectivity index is 2.28. The number of aryl methyl sites for hydroxylation is 1. The lowest BCUT2D eigenvalue weighted by Crippen LogP contribution is -2.12. The maximum Gasteiger partial charge on any atom is 0.237 e. The number of nitrogens with zero attached hydrogens (tertiary/aromatic N) is 2. The van der Waals surface area contributed by atoms with E-state index in [9.17, 15) is 0 Å². The molecule has 1 aromatic carbocycles. The Morgan fingerprint density at radius 1 is 1.27 bits per heavy atom. The molecule has 0 bridgehead atoms. The maximum absolute atomic E-state index is 9.12. The fourth-order valence-corrected chi connectivity index (χ4v) is 1.26. The van der Waals surface area contributed by atoms with Crippen LogP contribution in [0.5, 0.6) is 5.75 Å². The van der Waals surface area contributed by atoms with E-state index >= 15 is 0 Å². The Morgan fingerprint density at radius 3 is 2.47 bits per heavy atom. The number of aromatic hydroxyl groups is 1. The van der Waals surface area contributed by atoms with E-state index in [0.29, 0.717) is 11.8 Å². The van der Waals surface area contributed by atoms with Crippen LogP contribution in [0.2, 0.25) is 0 Å². The first-order valence-corrected chi connectivity index (χ1v) is 4.51. The molecular weight excluding hydrogens is 194 g/mol. The van der Waals surface area contributed by atoms with Crippen molar-refractivity contribution >= 4 is 0 Å². The van der Waals surface area contributed by atoms with Crippen molar-refractivity contribution in [3.8, 4) is 5.75 Å². The molecule has 0 aliphatic rings. The Bertz CT molecular complexity index is 450. The largest absolute Gasteiger partial charge is 0.508 e. The average Bonchev–Trinajstić information content (AvgIpc) is 2.65. The zero-order chi connectivity index (χ0) is 10.8. The van der Waals surface area contributed by atoms with Gasteiger partial charge in [0.05, 0.1) is 0 Å². The van der Waals surface area contributed by atoms with Gasteiger partial charge in [-0.1, -0.05) is 12.1 Å². The molecule has 1 atom stereocenters. The van der Waals surface area contributed by atoms with E-state index in [1.165, 1.54) is 0 Å². The maximum atomic E-state index is 9.12. The van der Waals surface area contributed by atoms with Gasteiger partial charge in [-0.25, -0.2) is 0 Å². The lowest BCUT2D eigenvalue weighted by atomic mass is 10.1. The molecule has 0 saturated heterocycles. The molecule has 0 aliphatic heterocycles. The van der Waals surface area contributed by atoms with Crippen molar-refractivity contribution in [3.05, 3.63) is 41.6 Å². The van der Waals surface area contributed by atoms with Crippen molar-refractivity contribution in [2.24, 2.45) is 5.73 Å². The molecule has 3 N–H and O–H groups in total. The van der Waals surface area contributed by atoms with Crippen molar-refractivity contribution in [2.75, 3.05) is 0 Å². The van der Waals surface area contributed by atoms with Gasteiger partial charge >= 0.3 is 0 Å². The summed E-state index contributed by atoms with van der Waals surface area (Å²) in [6, 6.07) is 6.13. The van der Waals surface area contributed by atoms with Crippen molar-refractivity contribution in [3.63, 3.8) is 0 Å². The normalized spacial score (nSPS) is 12.7. The molecule has 1 unspecified atom stereocenters. The first kappa shape index (κ1) is 9.67. The third-order valence-corrected chi connectivity index (χ3v) is 2.06. The van der Waals surface area contributed by atoms with Gasteiger partial charge in [0.1, 0.15) is 11.8 Å². The molecule has 0 saturated carbocycles. The van der Waals surface area contributed by atoms with E-state index in [2.05, 4.69) is 10.2 Å². The van der Waals surface area contributed by atoms with E-state index in [4.69, 9.17) is 15.3 Å². The first-order chi connectivity index (χ1) is 7.16. The number of rotatable bonds is 2. The van der Waals surface area contributed by atoms with E-state index in [-0.39, 0.29) is 5.75 Å². The number of hydrogen-bond donors (Lipinski definition) is 2. The second kappa shape index (κ2) is 3.70. The minimum Gasteiger partial charge on any atom is -0.508 e. The van der Waals surface area contributed by atoms with Gasteiger partial charge in [-0.3, -0.25) is 0 Å². The summed E-state index contributed by atoms with van der Waals surface area (Å²) < 4.78 is 5.22. The Hall–Kier alpha value is -1.88. The van der Waals surface area contributed by atoms with E-state index < -0.39 is 6.04 Å². The Morgan fingerprint density at radius 2 is 1.93 bits per heavy atom. The number of phenols is 1. The summed E-state index contributed by atoms with van der Waals surface area (Å²) >= 11 is 0. The average molecular weight is 205 g/mol. The Kier molecular flexibility index (Phi) is 2.39. The SMILES string of the molecule is Cc1nnc(C(N)c2ccc(O)cc2)o1. The molecule has 5 nitrogen and oxygen atoms in total. The van der Waals surface area contributed by atoms with Gasteiger partial charge in [-0.2, -0.15) is 0 Å². The second-order valence-corrected chi connectivity index (χ2v) is 3.23. The monoisotopic (exact) mass is 205 g/mol. The van der Waals surface area contributed by atoms with Gasteiger partial charge < -0.3 is 15.3 Å². The summed E-state index contributed by atoms with van der Waals surface area (Å²) in [4.78, 5) is 0. The third-order valence-electron chi connectivity index (χ3n) is 2.06. The molecule has 78 valence electrons. The zero-order valence-corrected chi connectivity index (χ0v) is 8.21. The van der Waals surface area contributed by atoms with Crippen LogP contribution in [-0.2, 0) is 0 Å². The lowest BCUT2D eigenvalue weighted by molar-refractivity contribution is 0.449. The molecule has 1 aromatic heterocycles. The number of aromatic nitrogens is 2. The van der Waals surface area contributed by atoms with Gasteiger partial charge in [0.15, 0.2) is 0 Å². The highest BCUT2D eigenvalue weighted by Gasteiger charge is 2.14. The summed E-state index contributed by atoms with van der Waals surface area (Å²) in [5.41, 5.74) is 6.72. The molecule has 1 heterocycles. The highest BCUT2D eigenvalue weighted by atomic mass is 16.4. The van der Waals surface area contributed by atoms with Crippen molar-refractivity contribution in [1.82, 2.24) is 10.2 Å². The van der Waals surface area contributed by atoms with Gasteiger partial charge in [-0.15, -0.1) is 10.2 Å². The standard InChI is InChI=1S/C10H11N3O2/c1-6-12-13-10(15-6)9(11)7-2-4-8(14)5-3-7/h2-5,9,14H,11H2,1H3. The zero-order valence-electron chi connectivity index (χ0n) is 8.21. The fraction of sp³-hybridized carbons (Fsp3) is 0.200. The molecule has 2 aromatic rings. The summed E-state index contributed by atoms with van der Waals surface area (Å²) in [6.45, 7) is 1.71. The van der Waals surface area contributed by atoms with Crippen molar-refractivity contribution in [1.29, 1.82) is 0 Å². The van der Waals surface area contributed by atoms with Gasteiger partial charge in [0, 0.05) is 6.92 Å². The molecular formula is C10H11N3O2. The van der Waals surface area contributed by atoms with E-state index in [0.717, 1.165) is 5.56 Å². The number of nitrogens with two attached hydrogens (primary N) is 1. The number of phenolic OH excluding ortho intramolecular Hbond substituents is 1. The molecule has 0 aliphatic carbocycles.